The number of rotatable bonds is 4. The van der Waals surface area contributed by atoms with Crippen molar-refractivity contribution in [2.75, 3.05) is 32.8 Å². The van der Waals surface area contributed by atoms with Gasteiger partial charge >= 0.3 is 0 Å². The van der Waals surface area contributed by atoms with Crippen molar-refractivity contribution < 1.29 is 9.53 Å². The van der Waals surface area contributed by atoms with Crippen molar-refractivity contribution in [3.63, 3.8) is 0 Å². The molecule has 0 spiro atoms. The van der Waals surface area contributed by atoms with Crippen molar-refractivity contribution in [3.05, 3.63) is 28.5 Å². The highest BCUT2D eigenvalue weighted by atomic mass is 79.9. The third-order valence-corrected chi connectivity index (χ3v) is 3.40. The Morgan fingerprint density at radius 2 is 2.26 bits per heavy atom. The molecule has 0 bridgehead atoms. The lowest BCUT2D eigenvalue weighted by Crippen LogP contribution is -2.46. The fourth-order valence-electron chi connectivity index (χ4n) is 2.05. The lowest BCUT2D eigenvalue weighted by Gasteiger charge is -2.29. The van der Waals surface area contributed by atoms with Gasteiger partial charge in [-0.1, -0.05) is 6.07 Å². The Balaban J connectivity index is 1.84. The molecule has 19 heavy (non-hydrogen) atoms. The van der Waals surface area contributed by atoms with Gasteiger partial charge in [0.15, 0.2) is 0 Å². The van der Waals surface area contributed by atoms with E-state index in [2.05, 4.69) is 31.1 Å². The van der Waals surface area contributed by atoms with E-state index in [1.54, 1.807) is 18.2 Å². The maximum Gasteiger partial charge on any atom is 0.270 e. The number of nitrogens with one attached hydrogen (secondary N) is 1. The molecule has 6 heteroatoms. The lowest BCUT2D eigenvalue weighted by atomic mass is 10.2. The maximum atomic E-state index is 12.0. The highest BCUT2D eigenvalue weighted by Crippen LogP contribution is 2.06. The van der Waals surface area contributed by atoms with Gasteiger partial charge in [-0.15, -0.1) is 0 Å². The molecule has 1 aliphatic heterocycles. The first kappa shape index (κ1) is 14.4. The van der Waals surface area contributed by atoms with Crippen molar-refractivity contribution in [1.29, 1.82) is 0 Å². The largest absolute Gasteiger partial charge is 0.379 e. The molecule has 0 radical (unpaired) electrons. The van der Waals surface area contributed by atoms with E-state index in [0.29, 0.717) is 10.3 Å². The van der Waals surface area contributed by atoms with E-state index in [-0.39, 0.29) is 11.9 Å². The van der Waals surface area contributed by atoms with Gasteiger partial charge in [0.25, 0.3) is 5.91 Å². The van der Waals surface area contributed by atoms with Gasteiger partial charge in [0.1, 0.15) is 10.3 Å². The highest BCUT2D eigenvalue weighted by molar-refractivity contribution is 9.10. The monoisotopic (exact) mass is 327 g/mol. The molecule has 104 valence electrons. The number of halogens is 1. The van der Waals surface area contributed by atoms with E-state index in [4.69, 9.17) is 4.74 Å². The summed E-state index contributed by atoms with van der Waals surface area (Å²) in [5, 5.41) is 2.97. The molecule has 1 saturated heterocycles. The third kappa shape index (κ3) is 4.56. The minimum Gasteiger partial charge on any atom is -0.379 e. The number of pyridine rings is 1. The summed E-state index contributed by atoms with van der Waals surface area (Å²) in [5.41, 5.74) is 0.434. The molecule has 1 aromatic rings. The van der Waals surface area contributed by atoms with Crippen molar-refractivity contribution in [2.24, 2.45) is 0 Å². The molecule has 1 amide bonds. The van der Waals surface area contributed by atoms with E-state index < -0.39 is 0 Å². The first-order valence-electron chi connectivity index (χ1n) is 6.38. The first-order chi connectivity index (χ1) is 9.15. The summed E-state index contributed by atoms with van der Waals surface area (Å²) in [7, 11) is 0. The van der Waals surface area contributed by atoms with E-state index in [1.807, 2.05) is 6.92 Å². The fraction of sp³-hybridized carbons (Fsp3) is 0.538. The minimum atomic E-state index is -0.137. The molecule has 1 unspecified atom stereocenters. The van der Waals surface area contributed by atoms with Gasteiger partial charge in [-0.3, -0.25) is 9.69 Å². The number of morpholine rings is 1. The Labute approximate surface area is 121 Å². The molecule has 2 heterocycles. The summed E-state index contributed by atoms with van der Waals surface area (Å²) in [6.07, 6.45) is 0. The van der Waals surface area contributed by atoms with Gasteiger partial charge in [-0.2, -0.15) is 0 Å². The Bertz CT molecular complexity index is 436. The van der Waals surface area contributed by atoms with Crippen LogP contribution in [0.15, 0.2) is 22.8 Å². The lowest BCUT2D eigenvalue weighted by molar-refractivity contribution is 0.0342. The number of ether oxygens (including phenoxy) is 1. The van der Waals surface area contributed by atoms with Crippen LogP contribution in [0.2, 0.25) is 0 Å². The smallest absolute Gasteiger partial charge is 0.270 e. The molecule has 1 N–H and O–H groups in total. The number of aromatic nitrogens is 1. The van der Waals surface area contributed by atoms with Crippen LogP contribution >= 0.6 is 15.9 Å². The van der Waals surface area contributed by atoms with Gasteiger partial charge in [-0.05, 0) is 35.0 Å². The van der Waals surface area contributed by atoms with E-state index >= 15 is 0 Å². The molecule has 0 saturated carbocycles. The zero-order valence-electron chi connectivity index (χ0n) is 10.9. The average molecular weight is 328 g/mol. The van der Waals surface area contributed by atoms with E-state index in [0.717, 1.165) is 32.8 Å². The normalized spacial score (nSPS) is 18.0. The molecule has 1 aliphatic rings. The highest BCUT2D eigenvalue weighted by Gasteiger charge is 2.16. The van der Waals surface area contributed by atoms with Gasteiger partial charge in [0, 0.05) is 25.7 Å². The standard InChI is InChI=1S/C13H18BrN3O2/c1-10(9-17-5-7-19-8-6-17)15-13(18)11-3-2-4-12(14)16-11/h2-4,10H,5-9H2,1H3,(H,15,18). The van der Waals surface area contributed by atoms with E-state index in [9.17, 15) is 4.79 Å². The molecule has 0 aromatic carbocycles. The summed E-state index contributed by atoms with van der Waals surface area (Å²) < 4.78 is 5.97. The van der Waals surface area contributed by atoms with Gasteiger partial charge in [0.2, 0.25) is 0 Å². The van der Waals surface area contributed by atoms with Crippen LogP contribution in [0.1, 0.15) is 17.4 Å². The zero-order valence-corrected chi connectivity index (χ0v) is 12.5. The van der Waals surface area contributed by atoms with Crippen LogP contribution in [-0.2, 0) is 4.74 Å². The van der Waals surface area contributed by atoms with E-state index in [1.165, 1.54) is 0 Å². The zero-order chi connectivity index (χ0) is 13.7. The van der Waals surface area contributed by atoms with Gasteiger partial charge < -0.3 is 10.1 Å². The molecule has 2 rings (SSSR count). The second-order valence-electron chi connectivity index (χ2n) is 4.63. The van der Waals surface area contributed by atoms with Crippen LogP contribution < -0.4 is 5.32 Å². The minimum absolute atomic E-state index is 0.0892. The van der Waals surface area contributed by atoms with Crippen molar-refractivity contribution in [3.8, 4) is 0 Å². The van der Waals surface area contributed by atoms with Crippen molar-refractivity contribution in [2.45, 2.75) is 13.0 Å². The third-order valence-electron chi connectivity index (χ3n) is 2.96. The molecule has 1 fully saturated rings. The number of carbonyl (C=O) groups excluding carboxylic acids is 1. The van der Waals surface area contributed by atoms with Crippen LogP contribution in [0.3, 0.4) is 0 Å². The average Bonchev–Trinajstić information content (AvgIpc) is 2.39. The van der Waals surface area contributed by atoms with Crippen molar-refractivity contribution in [1.82, 2.24) is 15.2 Å². The predicted octanol–water partition coefficient (Wildman–Crippen LogP) is 1.29. The predicted molar refractivity (Wildman–Crippen MR) is 76.1 cm³/mol. The topological polar surface area (TPSA) is 54.5 Å². The summed E-state index contributed by atoms with van der Waals surface area (Å²) in [5.74, 6) is -0.137. The Kier molecular flexibility index (Phi) is 5.30. The quantitative estimate of drug-likeness (QED) is 0.847. The fourth-order valence-corrected chi connectivity index (χ4v) is 2.39. The summed E-state index contributed by atoms with van der Waals surface area (Å²) in [6, 6.07) is 5.40. The van der Waals surface area contributed by atoms with Crippen LogP contribution in [0.4, 0.5) is 0 Å². The Morgan fingerprint density at radius 3 is 2.95 bits per heavy atom. The van der Waals surface area contributed by atoms with Crippen LogP contribution in [-0.4, -0.2) is 54.7 Å². The first-order valence-corrected chi connectivity index (χ1v) is 7.18. The Hall–Kier alpha value is -0.980. The molecular weight excluding hydrogens is 310 g/mol. The summed E-state index contributed by atoms with van der Waals surface area (Å²) >= 11 is 3.26. The van der Waals surface area contributed by atoms with Gasteiger partial charge in [0.05, 0.1) is 13.2 Å². The molecule has 0 aliphatic carbocycles. The van der Waals surface area contributed by atoms with Crippen molar-refractivity contribution >= 4 is 21.8 Å². The molecule has 5 nitrogen and oxygen atoms in total. The summed E-state index contributed by atoms with van der Waals surface area (Å²) in [4.78, 5) is 18.4. The number of hydrogen-bond donors (Lipinski definition) is 1. The van der Waals surface area contributed by atoms with Crippen LogP contribution in [0.25, 0.3) is 0 Å². The summed E-state index contributed by atoms with van der Waals surface area (Å²) in [6.45, 7) is 6.24. The second-order valence-corrected chi connectivity index (χ2v) is 5.45. The van der Waals surface area contributed by atoms with Crippen LogP contribution in [0, 0.1) is 0 Å². The number of amides is 1. The SMILES string of the molecule is CC(CN1CCOCC1)NC(=O)c1cccc(Br)n1. The molecule has 1 aromatic heterocycles. The number of carbonyl (C=O) groups is 1. The Morgan fingerprint density at radius 1 is 1.53 bits per heavy atom. The number of hydrogen-bond acceptors (Lipinski definition) is 4. The molecular formula is C13H18BrN3O2. The second kappa shape index (κ2) is 6.98. The molecule has 1 atom stereocenters. The maximum absolute atomic E-state index is 12.0. The number of nitrogens with zero attached hydrogens (tertiary/aromatic N) is 2. The van der Waals surface area contributed by atoms with Crippen LogP contribution in [0.5, 0.6) is 0 Å². The van der Waals surface area contributed by atoms with Gasteiger partial charge in [-0.25, -0.2) is 4.98 Å².